The van der Waals surface area contributed by atoms with Gasteiger partial charge in [0.05, 0.1) is 11.2 Å². The van der Waals surface area contributed by atoms with Gasteiger partial charge in [0.15, 0.2) is 5.69 Å². The van der Waals surface area contributed by atoms with E-state index in [0.717, 1.165) is 17.4 Å². The molecule has 0 spiro atoms. The molecule has 0 bridgehead atoms. The molecule has 0 aliphatic carbocycles. The van der Waals surface area contributed by atoms with Gasteiger partial charge in [0.1, 0.15) is 5.82 Å². The van der Waals surface area contributed by atoms with Crippen molar-refractivity contribution in [3.8, 4) is 0 Å². The molecule has 6 nitrogen and oxygen atoms in total. The van der Waals surface area contributed by atoms with E-state index < -0.39 is 0 Å². The highest BCUT2D eigenvalue weighted by Gasteiger charge is 2.11. The van der Waals surface area contributed by atoms with Crippen LogP contribution in [0.2, 0.25) is 0 Å². The number of rotatable bonds is 5. The molecule has 0 aliphatic rings. The molecule has 2 aromatic heterocycles. The van der Waals surface area contributed by atoms with Gasteiger partial charge in [-0.2, -0.15) is 0 Å². The zero-order valence-electron chi connectivity index (χ0n) is 13.7. The fourth-order valence-corrected chi connectivity index (χ4v) is 2.25. The third kappa shape index (κ3) is 3.65. The first-order chi connectivity index (χ1) is 11.6. The Bertz CT molecular complexity index is 840. The number of para-hydroxylation sites is 1. The summed E-state index contributed by atoms with van der Waals surface area (Å²) >= 11 is 0. The van der Waals surface area contributed by atoms with Crippen molar-refractivity contribution in [1.29, 1.82) is 0 Å². The quantitative estimate of drug-likeness (QED) is 0.753. The molecule has 1 aromatic carbocycles. The van der Waals surface area contributed by atoms with Gasteiger partial charge in [-0.1, -0.05) is 32.0 Å². The van der Waals surface area contributed by atoms with Gasteiger partial charge in [-0.3, -0.25) is 9.78 Å². The summed E-state index contributed by atoms with van der Waals surface area (Å²) in [6.45, 7) is 5.03. The highest BCUT2D eigenvalue weighted by Crippen LogP contribution is 2.21. The maximum Gasteiger partial charge on any atom is 0.276 e. The summed E-state index contributed by atoms with van der Waals surface area (Å²) in [6.07, 6.45) is 1.70. The summed E-state index contributed by atoms with van der Waals surface area (Å²) in [5.74, 6) is 0.858. The lowest BCUT2D eigenvalue weighted by molar-refractivity contribution is 0.102. The van der Waals surface area contributed by atoms with Crippen molar-refractivity contribution in [2.24, 2.45) is 5.92 Å². The largest absolute Gasteiger partial charge is 0.368 e. The number of carbonyl (C=O) groups excluding carboxylic acids is 1. The second-order valence-corrected chi connectivity index (χ2v) is 5.91. The minimum Gasteiger partial charge on any atom is -0.368 e. The van der Waals surface area contributed by atoms with Gasteiger partial charge in [-0.15, -0.1) is 10.2 Å². The number of nitrogens with one attached hydrogen (secondary N) is 2. The molecule has 0 saturated carbocycles. The molecule has 0 unspecified atom stereocenters. The standard InChI is InChI=1S/C18H19N5O/c1-12(2)11-20-16-9-8-15(22-23-16)18(24)21-14-7-3-5-13-6-4-10-19-17(13)14/h3-10,12H,11H2,1-2H3,(H,20,23)(H,21,24). The van der Waals surface area contributed by atoms with Crippen molar-refractivity contribution in [1.82, 2.24) is 15.2 Å². The maximum absolute atomic E-state index is 12.4. The van der Waals surface area contributed by atoms with Crippen LogP contribution < -0.4 is 10.6 Å². The highest BCUT2D eigenvalue weighted by molar-refractivity contribution is 6.07. The predicted octanol–water partition coefficient (Wildman–Crippen LogP) is 3.35. The number of anilines is 2. The monoisotopic (exact) mass is 321 g/mol. The molecule has 0 atom stereocenters. The van der Waals surface area contributed by atoms with E-state index in [1.807, 2.05) is 30.3 Å². The molecule has 0 radical (unpaired) electrons. The molecule has 1 amide bonds. The van der Waals surface area contributed by atoms with E-state index in [-0.39, 0.29) is 11.6 Å². The molecule has 3 rings (SSSR count). The molecular formula is C18H19N5O. The van der Waals surface area contributed by atoms with Gasteiger partial charge in [-0.05, 0) is 30.2 Å². The average molecular weight is 321 g/mol. The molecule has 24 heavy (non-hydrogen) atoms. The molecule has 2 heterocycles. The zero-order valence-corrected chi connectivity index (χ0v) is 13.7. The Morgan fingerprint density at radius 1 is 1.08 bits per heavy atom. The Labute approximate surface area is 140 Å². The first-order valence-electron chi connectivity index (χ1n) is 7.86. The fourth-order valence-electron chi connectivity index (χ4n) is 2.25. The van der Waals surface area contributed by atoms with Crippen molar-refractivity contribution in [3.63, 3.8) is 0 Å². The van der Waals surface area contributed by atoms with E-state index in [1.165, 1.54) is 0 Å². The number of hydrogen-bond donors (Lipinski definition) is 2. The SMILES string of the molecule is CC(C)CNc1ccc(C(=O)Nc2cccc3cccnc23)nn1. The number of benzene rings is 1. The number of amides is 1. The zero-order chi connectivity index (χ0) is 16.9. The van der Waals surface area contributed by atoms with Gasteiger partial charge >= 0.3 is 0 Å². The molecule has 0 fully saturated rings. The van der Waals surface area contributed by atoms with E-state index in [4.69, 9.17) is 0 Å². The van der Waals surface area contributed by atoms with Crippen LogP contribution in [0.3, 0.4) is 0 Å². The fraction of sp³-hybridized carbons (Fsp3) is 0.222. The number of nitrogens with zero attached hydrogens (tertiary/aromatic N) is 3. The number of hydrogen-bond acceptors (Lipinski definition) is 5. The number of pyridine rings is 1. The lowest BCUT2D eigenvalue weighted by Gasteiger charge is -2.09. The van der Waals surface area contributed by atoms with Crippen molar-refractivity contribution in [3.05, 3.63) is 54.4 Å². The summed E-state index contributed by atoms with van der Waals surface area (Å²) in [4.78, 5) is 16.7. The van der Waals surface area contributed by atoms with Crippen LogP contribution in [-0.4, -0.2) is 27.6 Å². The van der Waals surface area contributed by atoms with Crippen LogP contribution in [0.25, 0.3) is 10.9 Å². The Balaban J connectivity index is 1.74. The third-order valence-electron chi connectivity index (χ3n) is 3.47. The molecule has 122 valence electrons. The molecule has 0 saturated heterocycles. The molecule has 2 N–H and O–H groups in total. The molecular weight excluding hydrogens is 302 g/mol. The van der Waals surface area contributed by atoms with Crippen LogP contribution in [-0.2, 0) is 0 Å². The van der Waals surface area contributed by atoms with E-state index >= 15 is 0 Å². The summed E-state index contributed by atoms with van der Waals surface area (Å²) in [5, 5.41) is 15.0. The lowest BCUT2D eigenvalue weighted by atomic mass is 10.2. The Morgan fingerprint density at radius 3 is 2.67 bits per heavy atom. The smallest absolute Gasteiger partial charge is 0.276 e. The Kier molecular flexibility index (Phi) is 4.65. The minimum atomic E-state index is -0.309. The average Bonchev–Trinajstić information content (AvgIpc) is 2.60. The first-order valence-corrected chi connectivity index (χ1v) is 7.86. The number of aromatic nitrogens is 3. The first kappa shape index (κ1) is 15.9. The van der Waals surface area contributed by atoms with E-state index in [2.05, 4.69) is 39.7 Å². The lowest BCUT2D eigenvalue weighted by Crippen LogP contribution is -2.16. The summed E-state index contributed by atoms with van der Waals surface area (Å²) < 4.78 is 0. The van der Waals surface area contributed by atoms with Gasteiger partial charge in [0, 0.05) is 18.1 Å². The second-order valence-electron chi connectivity index (χ2n) is 5.91. The topological polar surface area (TPSA) is 79.8 Å². The van der Waals surface area contributed by atoms with Crippen LogP contribution in [0, 0.1) is 5.92 Å². The van der Waals surface area contributed by atoms with Gasteiger partial charge in [0.25, 0.3) is 5.91 Å². The van der Waals surface area contributed by atoms with Gasteiger partial charge in [0.2, 0.25) is 0 Å². The number of fused-ring (bicyclic) bond motifs is 1. The molecule has 6 heteroatoms. The van der Waals surface area contributed by atoms with E-state index in [1.54, 1.807) is 18.3 Å². The van der Waals surface area contributed by atoms with Crippen molar-refractivity contribution < 1.29 is 4.79 Å². The number of carbonyl (C=O) groups is 1. The second kappa shape index (κ2) is 7.04. The molecule has 3 aromatic rings. The van der Waals surface area contributed by atoms with Crippen LogP contribution in [0.1, 0.15) is 24.3 Å². The third-order valence-corrected chi connectivity index (χ3v) is 3.47. The summed E-state index contributed by atoms with van der Waals surface area (Å²) in [7, 11) is 0. The Morgan fingerprint density at radius 2 is 1.92 bits per heavy atom. The van der Waals surface area contributed by atoms with Crippen molar-refractivity contribution in [2.75, 3.05) is 17.2 Å². The summed E-state index contributed by atoms with van der Waals surface area (Å²) in [5.41, 5.74) is 1.66. The summed E-state index contributed by atoms with van der Waals surface area (Å²) in [6, 6.07) is 12.9. The van der Waals surface area contributed by atoms with Gasteiger partial charge < -0.3 is 10.6 Å². The molecule has 0 aliphatic heterocycles. The minimum absolute atomic E-state index is 0.262. The highest BCUT2D eigenvalue weighted by atomic mass is 16.1. The van der Waals surface area contributed by atoms with Crippen molar-refractivity contribution in [2.45, 2.75) is 13.8 Å². The van der Waals surface area contributed by atoms with E-state index in [0.29, 0.717) is 17.4 Å². The van der Waals surface area contributed by atoms with Crippen LogP contribution in [0.15, 0.2) is 48.7 Å². The van der Waals surface area contributed by atoms with E-state index in [9.17, 15) is 4.79 Å². The normalized spacial score (nSPS) is 10.8. The predicted molar refractivity (Wildman–Crippen MR) is 95.1 cm³/mol. The van der Waals surface area contributed by atoms with Crippen LogP contribution >= 0.6 is 0 Å². The maximum atomic E-state index is 12.4. The van der Waals surface area contributed by atoms with Crippen LogP contribution in [0.5, 0.6) is 0 Å². The Hall–Kier alpha value is -3.02. The van der Waals surface area contributed by atoms with Crippen LogP contribution in [0.4, 0.5) is 11.5 Å². The van der Waals surface area contributed by atoms with Gasteiger partial charge in [-0.25, -0.2) is 0 Å². The van der Waals surface area contributed by atoms with Crippen molar-refractivity contribution >= 4 is 28.3 Å².